The Bertz CT molecular complexity index is 1380. The number of carbonyl (C=O) groups is 2. The standard InChI is InChI=1S/C32H31N3O4/c1-38-29-15-9-26(10-16-29)32(37)35-21-19-34(20-22-35)28-13-11-27(12-14-28)33-31(36)25-7-17-30(18-8-25)39-23-24-5-3-2-4-6-24/h2-18H,19-23H2,1H3,(H,33,36). The van der Waals surface area contributed by atoms with Gasteiger partial charge in [0.2, 0.25) is 0 Å². The van der Waals surface area contributed by atoms with Crippen LogP contribution in [0.4, 0.5) is 11.4 Å². The number of hydrogen-bond donors (Lipinski definition) is 1. The van der Waals surface area contributed by atoms with Crippen molar-refractivity contribution in [3.63, 3.8) is 0 Å². The van der Waals surface area contributed by atoms with Crippen LogP contribution in [-0.4, -0.2) is 50.0 Å². The first-order valence-electron chi connectivity index (χ1n) is 13.0. The maximum atomic E-state index is 12.8. The lowest BCUT2D eigenvalue weighted by molar-refractivity contribution is 0.0746. The van der Waals surface area contributed by atoms with Crippen molar-refractivity contribution in [2.24, 2.45) is 0 Å². The molecule has 0 saturated carbocycles. The minimum absolute atomic E-state index is 0.0335. The van der Waals surface area contributed by atoms with E-state index in [1.807, 2.05) is 59.5 Å². The Morgan fingerprint density at radius 1 is 0.718 bits per heavy atom. The molecule has 0 radical (unpaired) electrons. The SMILES string of the molecule is COc1ccc(C(=O)N2CCN(c3ccc(NC(=O)c4ccc(OCc5ccccc5)cc4)cc3)CC2)cc1. The molecule has 7 nitrogen and oxygen atoms in total. The summed E-state index contributed by atoms with van der Waals surface area (Å²) in [6, 6.07) is 32.1. The number of methoxy groups -OCH3 is 1. The van der Waals surface area contributed by atoms with E-state index in [1.165, 1.54) is 0 Å². The highest BCUT2D eigenvalue weighted by Crippen LogP contribution is 2.22. The monoisotopic (exact) mass is 521 g/mol. The Labute approximate surface area is 228 Å². The van der Waals surface area contributed by atoms with E-state index < -0.39 is 0 Å². The molecule has 7 heteroatoms. The number of hydrogen-bond acceptors (Lipinski definition) is 5. The van der Waals surface area contributed by atoms with Gasteiger partial charge >= 0.3 is 0 Å². The van der Waals surface area contributed by atoms with Crippen LogP contribution in [0.2, 0.25) is 0 Å². The topological polar surface area (TPSA) is 71.1 Å². The van der Waals surface area contributed by atoms with E-state index in [-0.39, 0.29) is 11.8 Å². The van der Waals surface area contributed by atoms with E-state index >= 15 is 0 Å². The Morgan fingerprint density at radius 2 is 1.33 bits per heavy atom. The quantitative estimate of drug-likeness (QED) is 0.332. The fourth-order valence-corrected chi connectivity index (χ4v) is 4.49. The average molecular weight is 522 g/mol. The molecule has 1 aliphatic rings. The van der Waals surface area contributed by atoms with Gasteiger partial charge in [-0.3, -0.25) is 9.59 Å². The number of piperazine rings is 1. The lowest BCUT2D eigenvalue weighted by Crippen LogP contribution is -2.48. The molecule has 4 aromatic carbocycles. The van der Waals surface area contributed by atoms with Gasteiger partial charge in [0.1, 0.15) is 18.1 Å². The minimum Gasteiger partial charge on any atom is -0.497 e. The van der Waals surface area contributed by atoms with Crippen molar-refractivity contribution in [2.75, 3.05) is 43.5 Å². The molecule has 0 aliphatic carbocycles. The molecule has 198 valence electrons. The van der Waals surface area contributed by atoms with E-state index in [2.05, 4.69) is 10.2 Å². The normalized spacial score (nSPS) is 13.1. The fraction of sp³-hybridized carbons (Fsp3) is 0.188. The zero-order chi connectivity index (χ0) is 27.0. The molecule has 39 heavy (non-hydrogen) atoms. The average Bonchev–Trinajstić information content (AvgIpc) is 3.01. The van der Waals surface area contributed by atoms with Crippen LogP contribution in [0.5, 0.6) is 11.5 Å². The minimum atomic E-state index is -0.178. The van der Waals surface area contributed by atoms with Gasteiger partial charge in [-0.15, -0.1) is 0 Å². The van der Waals surface area contributed by atoms with Crippen LogP contribution in [0.1, 0.15) is 26.3 Å². The molecule has 5 rings (SSSR count). The highest BCUT2D eigenvalue weighted by atomic mass is 16.5. The van der Waals surface area contributed by atoms with Gasteiger partial charge in [-0.2, -0.15) is 0 Å². The van der Waals surface area contributed by atoms with Crippen molar-refractivity contribution in [2.45, 2.75) is 6.61 Å². The van der Waals surface area contributed by atoms with E-state index in [4.69, 9.17) is 9.47 Å². The summed E-state index contributed by atoms with van der Waals surface area (Å²) in [6.07, 6.45) is 0. The van der Waals surface area contributed by atoms with Crippen molar-refractivity contribution in [3.05, 3.63) is 120 Å². The number of carbonyl (C=O) groups excluding carboxylic acids is 2. The van der Waals surface area contributed by atoms with Crippen molar-refractivity contribution in [1.29, 1.82) is 0 Å². The molecule has 1 aliphatic heterocycles. The van der Waals surface area contributed by atoms with Gasteiger partial charge in [-0.25, -0.2) is 0 Å². The van der Waals surface area contributed by atoms with Gasteiger partial charge in [0.25, 0.3) is 11.8 Å². The first kappa shape index (κ1) is 25.9. The zero-order valence-electron chi connectivity index (χ0n) is 21.9. The Morgan fingerprint density at radius 3 is 1.97 bits per heavy atom. The van der Waals surface area contributed by atoms with Crippen LogP contribution >= 0.6 is 0 Å². The highest BCUT2D eigenvalue weighted by molar-refractivity contribution is 6.04. The number of nitrogens with zero attached hydrogens (tertiary/aromatic N) is 2. The van der Waals surface area contributed by atoms with Crippen LogP contribution in [-0.2, 0) is 6.61 Å². The van der Waals surface area contributed by atoms with Gasteiger partial charge in [0.15, 0.2) is 0 Å². The Hall–Kier alpha value is -4.78. The van der Waals surface area contributed by atoms with Gasteiger partial charge in [0.05, 0.1) is 7.11 Å². The second kappa shape index (κ2) is 12.2. The Kier molecular flexibility index (Phi) is 8.07. The molecule has 1 saturated heterocycles. The van der Waals surface area contributed by atoms with Gasteiger partial charge in [-0.1, -0.05) is 30.3 Å². The molecule has 1 heterocycles. The second-order valence-corrected chi connectivity index (χ2v) is 9.31. The second-order valence-electron chi connectivity index (χ2n) is 9.31. The molecule has 1 N–H and O–H groups in total. The van der Waals surface area contributed by atoms with Crippen LogP contribution in [0.25, 0.3) is 0 Å². The van der Waals surface area contributed by atoms with Crippen molar-refractivity contribution < 1.29 is 19.1 Å². The molecular weight excluding hydrogens is 490 g/mol. The van der Waals surface area contributed by atoms with Gasteiger partial charge in [-0.05, 0) is 78.4 Å². The molecular formula is C32H31N3O4. The zero-order valence-corrected chi connectivity index (χ0v) is 21.9. The lowest BCUT2D eigenvalue weighted by Gasteiger charge is -2.36. The molecule has 0 aromatic heterocycles. The first-order chi connectivity index (χ1) is 19.1. The number of nitrogens with one attached hydrogen (secondary N) is 1. The molecule has 0 bridgehead atoms. The smallest absolute Gasteiger partial charge is 0.255 e. The Balaban J connectivity index is 1.10. The van der Waals surface area contributed by atoms with Crippen LogP contribution in [0.3, 0.4) is 0 Å². The summed E-state index contributed by atoms with van der Waals surface area (Å²) in [5, 5.41) is 2.95. The van der Waals surface area contributed by atoms with Crippen LogP contribution in [0.15, 0.2) is 103 Å². The maximum Gasteiger partial charge on any atom is 0.255 e. The number of anilines is 2. The van der Waals surface area contributed by atoms with Crippen molar-refractivity contribution in [1.82, 2.24) is 4.90 Å². The summed E-state index contributed by atoms with van der Waals surface area (Å²) in [5.74, 6) is 1.30. The molecule has 2 amide bonds. The number of rotatable bonds is 8. The third kappa shape index (κ3) is 6.57. The summed E-state index contributed by atoms with van der Waals surface area (Å²) < 4.78 is 11.0. The molecule has 4 aromatic rings. The first-order valence-corrected chi connectivity index (χ1v) is 13.0. The van der Waals surface area contributed by atoms with E-state index in [9.17, 15) is 9.59 Å². The maximum absolute atomic E-state index is 12.8. The molecule has 0 unspecified atom stereocenters. The van der Waals surface area contributed by atoms with Crippen LogP contribution in [0, 0.1) is 0 Å². The van der Waals surface area contributed by atoms with E-state index in [0.29, 0.717) is 36.6 Å². The number of benzene rings is 4. The predicted octanol–water partition coefficient (Wildman–Crippen LogP) is 5.49. The number of ether oxygens (including phenoxy) is 2. The largest absolute Gasteiger partial charge is 0.497 e. The summed E-state index contributed by atoms with van der Waals surface area (Å²) >= 11 is 0. The third-order valence-electron chi connectivity index (χ3n) is 6.76. The molecule has 0 spiro atoms. The predicted molar refractivity (Wildman–Crippen MR) is 153 cm³/mol. The molecule has 0 atom stereocenters. The van der Waals surface area contributed by atoms with Crippen molar-refractivity contribution >= 4 is 23.2 Å². The lowest BCUT2D eigenvalue weighted by atomic mass is 10.1. The summed E-state index contributed by atoms with van der Waals surface area (Å²) in [7, 11) is 1.61. The highest BCUT2D eigenvalue weighted by Gasteiger charge is 2.22. The summed E-state index contributed by atoms with van der Waals surface area (Å²) in [5.41, 5.74) is 4.10. The van der Waals surface area contributed by atoms with Gasteiger partial charge < -0.3 is 24.6 Å². The number of amides is 2. The summed E-state index contributed by atoms with van der Waals surface area (Å²) in [6.45, 7) is 3.26. The van der Waals surface area contributed by atoms with E-state index in [0.717, 1.165) is 35.8 Å². The molecule has 1 fully saturated rings. The van der Waals surface area contributed by atoms with E-state index in [1.54, 1.807) is 55.6 Å². The fourth-order valence-electron chi connectivity index (χ4n) is 4.49. The third-order valence-corrected chi connectivity index (χ3v) is 6.76. The van der Waals surface area contributed by atoms with Crippen molar-refractivity contribution in [3.8, 4) is 11.5 Å². The van der Waals surface area contributed by atoms with Gasteiger partial charge in [0, 0.05) is 48.7 Å². The summed E-state index contributed by atoms with van der Waals surface area (Å²) in [4.78, 5) is 29.7. The van der Waals surface area contributed by atoms with Crippen LogP contribution < -0.4 is 19.7 Å².